The molecule has 272 valence electrons. The number of para-hydroxylation sites is 2. The Kier molecular flexibility index (Phi) is 8.19. The Morgan fingerprint density at radius 1 is 0.276 bits per heavy atom. The maximum absolute atomic E-state index is 2.38. The highest BCUT2D eigenvalue weighted by Gasteiger charge is 2.17. The van der Waals surface area contributed by atoms with Gasteiger partial charge in [-0.25, -0.2) is 0 Å². The Bertz CT molecular complexity index is 3200. The largest absolute Gasteiger partial charge is 0.310 e. The fourth-order valence-corrected chi connectivity index (χ4v) is 8.79. The Morgan fingerprint density at radius 3 is 1.38 bits per heavy atom. The molecule has 1 aromatic heterocycles. The summed E-state index contributed by atoms with van der Waals surface area (Å²) < 4.78 is 2.38. The van der Waals surface area contributed by atoms with Crippen LogP contribution in [0.15, 0.2) is 231 Å². The summed E-state index contributed by atoms with van der Waals surface area (Å²) >= 11 is 0. The van der Waals surface area contributed by atoms with Crippen molar-refractivity contribution < 1.29 is 0 Å². The van der Waals surface area contributed by atoms with Crippen molar-refractivity contribution in [2.24, 2.45) is 0 Å². The molecule has 58 heavy (non-hydrogen) atoms. The van der Waals surface area contributed by atoms with Gasteiger partial charge in [-0.15, -0.1) is 0 Å². The minimum atomic E-state index is 1.09. The van der Waals surface area contributed by atoms with Gasteiger partial charge < -0.3 is 9.47 Å². The fraction of sp³-hybridized carbons (Fsp3) is 0. The summed E-state index contributed by atoms with van der Waals surface area (Å²) in [4.78, 5) is 2.38. The van der Waals surface area contributed by atoms with Crippen molar-refractivity contribution in [2.45, 2.75) is 0 Å². The van der Waals surface area contributed by atoms with E-state index < -0.39 is 0 Å². The summed E-state index contributed by atoms with van der Waals surface area (Å²) in [5.41, 5.74) is 14.0. The molecule has 0 saturated heterocycles. The molecule has 10 aromatic carbocycles. The Hall–Kier alpha value is -7.68. The van der Waals surface area contributed by atoms with E-state index in [9.17, 15) is 0 Å². The van der Waals surface area contributed by atoms with Crippen LogP contribution in [0.25, 0.3) is 82.4 Å². The number of hydrogen-bond donors (Lipinski definition) is 0. The van der Waals surface area contributed by atoms with Crippen molar-refractivity contribution in [3.8, 4) is 39.1 Å². The minimum Gasteiger partial charge on any atom is -0.310 e. The van der Waals surface area contributed by atoms with Crippen molar-refractivity contribution in [1.82, 2.24) is 4.57 Å². The first kappa shape index (κ1) is 33.6. The molecule has 0 amide bonds. The van der Waals surface area contributed by atoms with Crippen molar-refractivity contribution >= 4 is 60.4 Å². The summed E-state index contributed by atoms with van der Waals surface area (Å²) in [6.45, 7) is 0. The molecular weight excluding hydrogens is 701 g/mol. The summed E-state index contributed by atoms with van der Waals surface area (Å²) in [7, 11) is 0. The number of hydrogen-bond acceptors (Lipinski definition) is 1. The molecule has 0 unspecified atom stereocenters. The average molecular weight is 739 g/mol. The van der Waals surface area contributed by atoms with Crippen LogP contribution < -0.4 is 4.90 Å². The van der Waals surface area contributed by atoms with Gasteiger partial charge in [-0.1, -0.05) is 164 Å². The monoisotopic (exact) mass is 738 g/mol. The highest BCUT2D eigenvalue weighted by molar-refractivity contribution is 6.14. The van der Waals surface area contributed by atoms with E-state index in [1.54, 1.807) is 0 Å². The molecule has 0 spiro atoms. The molecule has 0 bridgehead atoms. The van der Waals surface area contributed by atoms with Gasteiger partial charge in [0, 0.05) is 33.5 Å². The Labute approximate surface area is 338 Å². The van der Waals surface area contributed by atoms with Crippen molar-refractivity contribution in [1.29, 1.82) is 0 Å². The van der Waals surface area contributed by atoms with Crippen LogP contribution in [0, 0.1) is 0 Å². The first-order chi connectivity index (χ1) is 28.8. The molecule has 2 nitrogen and oxygen atoms in total. The molecule has 1 heterocycles. The molecule has 0 saturated carbocycles. The SMILES string of the molecule is c1ccc(-c2ccc(-c3ccc(N(c4ccc(-n5c6ccccc6c6ccccc65)cc4)c4cccc(-c5cc6ccccc6c6ccccc56)c4)cc3)cc2)cc1. The third-order valence-electron chi connectivity index (χ3n) is 11.6. The number of benzene rings is 10. The molecule has 11 aromatic rings. The maximum Gasteiger partial charge on any atom is 0.0541 e. The molecule has 0 aliphatic carbocycles. The third-order valence-corrected chi connectivity index (χ3v) is 11.6. The molecule has 11 rings (SSSR count). The van der Waals surface area contributed by atoms with Crippen LogP contribution in [-0.4, -0.2) is 4.57 Å². The highest BCUT2D eigenvalue weighted by atomic mass is 15.1. The van der Waals surface area contributed by atoms with Crippen LogP contribution >= 0.6 is 0 Å². The number of fused-ring (bicyclic) bond motifs is 6. The molecule has 0 atom stereocenters. The van der Waals surface area contributed by atoms with Crippen LogP contribution in [0.4, 0.5) is 17.1 Å². The van der Waals surface area contributed by atoms with Gasteiger partial charge in [-0.2, -0.15) is 0 Å². The second-order valence-corrected chi connectivity index (χ2v) is 15.0. The van der Waals surface area contributed by atoms with Crippen LogP contribution in [0.2, 0.25) is 0 Å². The number of aromatic nitrogens is 1. The molecule has 0 N–H and O–H groups in total. The van der Waals surface area contributed by atoms with Crippen LogP contribution in [-0.2, 0) is 0 Å². The van der Waals surface area contributed by atoms with Crippen molar-refractivity contribution in [2.75, 3.05) is 4.90 Å². The lowest BCUT2D eigenvalue weighted by atomic mass is 9.93. The molecule has 0 aliphatic heterocycles. The lowest BCUT2D eigenvalue weighted by molar-refractivity contribution is 1.17. The quantitative estimate of drug-likeness (QED) is 0.148. The van der Waals surface area contributed by atoms with Gasteiger partial charge >= 0.3 is 0 Å². The topological polar surface area (TPSA) is 8.17 Å². The number of rotatable bonds is 7. The standard InChI is InChI=1S/C56H38N2/c1-2-13-39(14-3-1)40-25-27-41(28-26-40)42-29-31-45(32-30-42)57(46-33-35-47(36-34-46)58-55-23-10-8-21-52(55)53-22-9-11-24-56(53)58)48-17-12-16-43(37-48)54-38-44-15-4-5-18-49(44)50-19-6-7-20-51(50)54/h1-38H. The lowest BCUT2D eigenvalue weighted by Gasteiger charge is -2.27. The fourth-order valence-electron chi connectivity index (χ4n) is 8.79. The summed E-state index contributed by atoms with van der Waals surface area (Å²) in [6, 6.07) is 83.6. The van der Waals surface area contributed by atoms with Crippen LogP contribution in [0.5, 0.6) is 0 Å². The van der Waals surface area contributed by atoms with Gasteiger partial charge in [0.05, 0.1) is 11.0 Å². The molecule has 0 aliphatic rings. The highest BCUT2D eigenvalue weighted by Crippen LogP contribution is 2.41. The summed E-state index contributed by atoms with van der Waals surface area (Å²) in [6.07, 6.45) is 0. The molecule has 0 fully saturated rings. The van der Waals surface area contributed by atoms with E-state index in [1.165, 1.54) is 76.7 Å². The third kappa shape index (κ3) is 5.82. The molecular formula is C56H38N2. The number of anilines is 3. The summed E-state index contributed by atoms with van der Waals surface area (Å²) in [5, 5.41) is 7.56. The first-order valence-electron chi connectivity index (χ1n) is 19.9. The van der Waals surface area contributed by atoms with E-state index in [-0.39, 0.29) is 0 Å². The molecule has 2 heteroatoms. The smallest absolute Gasteiger partial charge is 0.0541 e. The first-order valence-corrected chi connectivity index (χ1v) is 19.9. The van der Waals surface area contributed by atoms with E-state index in [2.05, 4.69) is 240 Å². The zero-order valence-corrected chi connectivity index (χ0v) is 31.8. The summed E-state index contributed by atoms with van der Waals surface area (Å²) in [5.74, 6) is 0. The van der Waals surface area contributed by atoms with Crippen molar-refractivity contribution in [3.63, 3.8) is 0 Å². The Balaban J connectivity index is 1.03. The van der Waals surface area contributed by atoms with E-state index in [0.717, 1.165) is 22.7 Å². The van der Waals surface area contributed by atoms with Gasteiger partial charge in [0.25, 0.3) is 0 Å². The van der Waals surface area contributed by atoms with Gasteiger partial charge in [0.15, 0.2) is 0 Å². The van der Waals surface area contributed by atoms with E-state index >= 15 is 0 Å². The van der Waals surface area contributed by atoms with E-state index in [0.29, 0.717) is 0 Å². The zero-order chi connectivity index (χ0) is 38.4. The normalized spacial score (nSPS) is 11.4. The number of nitrogens with zero attached hydrogens (tertiary/aromatic N) is 2. The van der Waals surface area contributed by atoms with Gasteiger partial charge in [0.2, 0.25) is 0 Å². The predicted octanol–water partition coefficient (Wildman–Crippen LogP) is 15.6. The lowest BCUT2D eigenvalue weighted by Crippen LogP contribution is -2.10. The Morgan fingerprint density at radius 2 is 0.741 bits per heavy atom. The van der Waals surface area contributed by atoms with Gasteiger partial charge in [0.1, 0.15) is 0 Å². The van der Waals surface area contributed by atoms with Gasteiger partial charge in [-0.3, -0.25) is 0 Å². The van der Waals surface area contributed by atoms with E-state index in [1.807, 2.05) is 0 Å². The molecule has 0 radical (unpaired) electrons. The average Bonchev–Trinajstić information content (AvgIpc) is 3.64. The van der Waals surface area contributed by atoms with Crippen molar-refractivity contribution in [3.05, 3.63) is 231 Å². The minimum absolute atomic E-state index is 1.09. The van der Waals surface area contributed by atoms with E-state index in [4.69, 9.17) is 0 Å². The second-order valence-electron chi connectivity index (χ2n) is 15.0. The van der Waals surface area contributed by atoms with Crippen LogP contribution in [0.3, 0.4) is 0 Å². The van der Waals surface area contributed by atoms with Crippen LogP contribution in [0.1, 0.15) is 0 Å². The maximum atomic E-state index is 2.38. The predicted molar refractivity (Wildman–Crippen MR) is 247 cm³/mol. The zero-order valence-electron chi connectivity index (χ0n) is 31.8. The second kappa shape index (κ2) is 14.1. The van der Waals surface area contributed by atoms with Gasteiger partial charge in [-0.05, 0) is 122 Å².